The van der Waals surface area contributed by atoms with Crippen molar-refractivity contribution in [2.24, 2.45) is 0 Å². The number of carbonyl (C=O) groups is 1. The summed E-state index contributed by atoms with van der Waals surface area (Å²) in [5, 5.41) is 9.30. The summed E-state index contributed by atoms with van der Waals surface area (Å²) in [6, 6.07) is 4.45. The average Bonchev–Trinajstić information content (AvgIpc) is 2.84. The van der Waals surface area contributed by atoms with Crippen LogP contribution in [0.1, 0.15) is 56.4 Å². The van der Waals surface area contributed by atoms with Crippen molar-refractivity contribution < 1.29 is 9.90 Å². The molecule has 2 rings (SSSR count). The van der Waals surface area contributed by atoms with Crippen LogP contribution >= 0.6 is 27.3 Å². The van der Waals surface area contributed by atoms with E-state index < -0.39 is 5.97 Å². The normalized spacial score (nSPS) is 20.0. The molecule has 5 heteroatoms. The van der Waals surface area contributed by atoms with Crippen LogP contribution in [0.25, 0.3) is 0 Å². The number of rotatable bonds is 5. The first kappa shape index (κ1) is 16.0. The fourth-order valence-electron chi connectivity index (χ4n) is 3.30. The molecule has 112 valence electrons. The molecule has 0 radical (unpaired) electrons. The molecule has 1 heterocycles. The number of thiophene rings is 1. The van der Waals surface area contributed by atoms with Gasteiger partial charge in [-0.15, -0.1) is 11.3 Å². The Morgan fingerprint density at radius 2 is 2.10 bits per heavy atom. The second-order valence-corrected chi connectivity index (χ2v) is 8.28. The zero-order chi connectivity index (χ0) is 14.8. The second-order valence-electron chi connectivity index (χ2n) is 5.78. The van der Waals surface area contributed by atoms with Gasteiger partial charge in [-0.1, -0.05) is 19.3 Å². The predicted octanol–water partition coefficient (Wildman–Crippen LogP) is 4.68. The van der Waals surface area contributed by atoms with Gasteiger partial charge >= 0.3 is 5.97 Å². The van der Waals surface area contributed by atoms with Gasteiger partial charge < -0.3 is 5.11 Å². The Kier molecular flexibility index (Phi) is 5.26. The summed E-state index contributed by atoms with van der Waals surface area (Å²) in [7, 11) is 2.09. The average molecular weight is 360 g/mol. The summed E-state index contributed by atoms with van der Waals surface area (Å²) in [5.74, 6) is -0.682. The van der Waals surface area contributed by atoms with Gasteiger partial charge in [-0.05, 0) is 54.9 Å². The number of nitrogens with zero attached hydrogens (tertiary/aromatic N) is 1. The van der Waals surface area contributed by atoms with Gasteiger partial charge in [0.25, 0.3) is 0 Å². The maximum absolute atomic E-state index is 11.3. The van der Waals surface area contributed by atoms with E-state index in [1.165, 1.54) is 11.3 Å². The Hall–Kier alpha value is -0.390. The number of carboxylic acid groups (broad SMARTS) is 1. The topological polar surface area (TPSA) is 40.5 Å². The molecule has 1 aromatic rings. The quantitative estimate of drug-likeness (QED) is 0.829. The molecular weight excluding hydrogens is 338 g/mol. The highest BCUT2D eigenvalue weighted by Gasteiger charge is 2.40. The van der Waals surface area contributed by atoms with Gasteiger partial charge in [-0.3, -0.25) is 9.69 Å². The third-order valence-corrected chi connectivity index (χ3v) is 6.39. The first-order chi connectivity index (χ1) is 9.44. The molecule has 1 saturated carbocycles. The van der Waals surface area contributed by atoms with Crippen LogP contribution < -0.4 is 0 Å². The molecule has 3 nitrogen and oxygen atoms in total. The minimum atomic E-state index is -0.682. The van der Waals surface area contributed by atoms with E-state index in [-0.39, 0.29) is 18.0 Å². The van der Waals surface area contributed by atoms with E-state index in [2.05, 4.69) is 46.9 Å². The van der Waals surface area contributed by atoms with E-state index in [0.717, 1.165) is 29.5 Å². The van der Waals surface area contributed by atoms with Crippen molar-refractivity contribution in [1.29, 1.82) is 0 Å². The summed E-state index contributed by atoms with van der Waals surface area (Å²) in [6.07, 6.45) is 5.74. The molecule has 0 aromatic carbocycles. The molecule has 1 unspecified atom stereocenters. The van der Waals surface area contributed by atoms with E-state index in [1.54, 1.807) is 11.3 Å². The SMILES string of the molecule is CC(c1ccc(Br)s1)N(C)C1(CC(=O)O)CCCCC1. The highest BCUT2D eigenvalue weighted by Crippen LogP contribution is 2.41. The molecule has 0 aliphatic heterocycles. The molecule has 1 atom stereocenters. The fraction of sp³-hybridized carbons (Fsp3) is 0.667. The van der Waals surface area contributed by atoms with Crippen LogP contribution in [0.4, 0.5) is 0 Å². The summed E-state index contributed by atoms with van der Waals surface area (Å²) < 4.78 is 1.13. The predicted molar refractivity (Wildman–Crippen MR) is 86.3 cm³/mol. The zero-order valence-electron chi connectivity index (χ0n) is 12.1. The van der Waals surface area contributed by atoms with Crippen LogP contribution in [-0.2, 0) is 4.79 Å². The lowest BCUT2D eigenvalue weighted by Crippen LogP contribution is -2.50. The molecule has 20 heavy (non-hydrogen) atoms. The molecule has 1 fully saturated rings. The van der Waals surface area contributed by atoms with E-state index >= 15 is 0 Å². The first-order valence-corrected chi connectivity index (χ1v) is 8.75. The van der Waals surface area contributed by atoms with E-state index in [4.69, 9.17) is 0 Å². The number of hydrogen-bond acceptors (Lipinski definition) is 3. The monoisotopic (exact) mass is 359 g/mol. The summed E-state index contributed by atoms with van der Waals surface area (Å²) in [5.41, 5.74) is -0.181. The van der Waals surface area contributed by atoms with E-state index in [0.29, 0.717) is 0 Å². The number of hydrogen-bond donors (Lipinski definition) is 1. The van der Waals surface area contributed by atoms with Gasteiger partial charge in [0.2, 0.25) is 0 Å². The minimum absolute atomic E-state index is 0.181. The van der Waals surface area contributed by atoms with Crippen LogP contribution in [0.2, 0.25) is 0 Å². The van der Waals surface area contributed by atoms with Crippen molar-refractivity contribution in [3.8, 4) is 0 Å². The maximum atomic E-state index is 11.3. The lowest BCUT2D eigenvalue weighted by molar-refractivity contribution is -0.141. The van der Waals surface area contributed by atoms with Crippen LogP contribution in [0, 0.1) is 0 Å². The smallest absolute Gasteiger partial charge is 0.305 e. The Labute approximate surface area is 133 Å². The largest absolute Gasteiger partial charge is 0.481 e. The lowest BCUT2D eigenvalue weighted by Gasteiger charge is -2.46. The third kappa shape index (κ3) is 3.43. The fourth-order valence-corrected chi connectivity index (χ4v) is 4.82. The van der Waals surface area contributed by atoms with Crippen LogP contribution in [0.15, 0.2) is 15.9 Å². The third-order valence-electron chi connectivity index (χ3n) is 4.60. The molecule has 1 aliphatic rings. The van der Waals surface area contributed by atoms with Gasteiger partial charge in [-0.2, -0.15) is 0 Å². The Morgan fingerprint density at radius 3 is 2.60 bits per heavy atom. The highest BCUT2D eigenvalue weighted by atomic mass is 79.9. The van der Waals surface area contributed by atoms with Crippen molar-refractivity contribution in [2.45, 2.75) is 57.0 Å². The summed E-state index contributed by atoms with van der Waals surface area (Å²) in [4.78, 5) is 14.9. The summed E-state index contributed by atoms with van der Waals surface area (Å²) >= 11 is 5.24. The molecule has 0 spiro atoms. The number of halogens is 1. The molecule has 0 bridgehead atoms. The van der Waals surface area contributed by atoms with Crippen molar-refractivity contribution in [3.63, 3.8) is 0 Å². The van der Waals surface area contributed by atoms with Crippen LogP contribution in [0.3, 0.4) is 0 Å². The van der Waals surface area contributed by atoms with Gasteiger partial charge in [0.05, 0.1) is 10.2 Å². The summed E-state index contributed by atoms with van der Waals surface area (Å²) in [6.45, 7) is 2.18. The van der Waals surface area contributed by atoms with Gasteiger partial charge in [0.1, 0.15) is 0 Å². The van der Waals surface area contributed by atoms with E-state index in [1.807, 2.05) is 0 Å². The Balaban J connectivity index is 2.21. The van der Waals surface area contributed by atoms with Crippen LogP contribution in [-0.4, -0.2) is 28.6 Å². The molecule has 1 aliphatic carbocycles. The molecule has 1 N–H and O–H groups in total. The molecule has 1 aromatic heterocycles. The van der Waals surface area contributed by atoms with Crippen LogP contribution in [0.5, 0.6) is 0 Å². The molecule has 0 saturated heterocycles. The van der Waals surface area contributed by atoms with Gasteiger partial charge in [0.15, 0.2) is 0 Å². The Morgan fingerprint density at radius 1 is 1.45 bits per heavy atom. The molecular formula is C15H22BrNO2S. The maximum Gasteiger partial charge on any atom is 0.305 e. The van der Waals surface area contributed by atoms with Crippen molar-refractivity contribution in [2.75, 3.05) is 7.05 Å². The van der Waals surface area contributed by atoms with Crippen molar-refractivity contribution >= 4 is 33.2 Å². The van der Waals surface area contributed by atoms with Crippen molar-refractivity contribution in [3.05, 3.63) is 20.8 Å². The van der Waals surface area contributed by atoms with Crippen molar-refractivity contribution in [1.82, 2.24) is 4.90 Å². The standard InChI is InChI=1S/C15H22BrNO2S/c1-11(12-6-7-13(16)20-12)17(2)15(10-14(18)19)8-4-3-5-9-15/h6-7,11H,3-5,8-10H2,1-2H3,(H,18,19). The van der Waals surface area contributed by atoms with Gasteiger partial charge in [0, 0.05) is 16.5 Å². The van der Waals surface area contributed by atoms with E-state index in [9.17, 15) is 9.90 Å². The first-order valence-electron chi connectivity index (χ1n) is 7.14. The second kappa shape index (κ2) is 6.58. The minimum Gasteiger partial charge on any atom is -0.481 e. The highest BCUT2D eigenvalue weighted by molar-refractivity contribution is 9.11. The number of carboxylic acids is 1. The molecule has 0 amide bonds. The Bertz CT molecular complexity index is 468. The number of aliphatic carboxylic acids is 1. The van der Waals surface area contributed by atoms with Gasteiger partial charge in [-0.25, -0.2) is 0 Å². The lowest BCUT2D eigenvalue weighted by atomic mass is 9.77. The zero-order valence-corrected chi connectivity index (χ0v) is 14.5.